The van der Waals surface area contributed by atoms with Crippen LogP contribution in [-0.4, -0.2) is 48.1 Å². The van der Waals surface area contributed by atoms with Crippen molar-refractivity contribution >= 4 is 11.9 Å². The van der Waals surface area contributed by atoms with E-state index in [9.17, 15) is 14.7 Å². The van der Waals surface area contributed by atoms with Crippen LogP contribution in [0.5, 0.6) is 0 Å². The molecular weight excluding hydrogens is 480 g/mol. The zero-order valence-electron chi connectivity index (χ0n) is 25.0. The molecule has 38 heavy (non-hydrogen) atoms. The summed E-state index contributed by atoms with van der Waals surface area (Å²) < 4.78 is 17.7. The minimum absolute atomic E-state index is 0.153. The number of methoxy groups -OCH3 is 1. The Morgan fingerprint density at radius 2 is 1.79 bits per heavy atom. The number of aliphatic hydroxyl groups is 1. The Kier molecular flexibility index (Phi) is 8.47. The van der Waals surface area contributed by atoms with Crippen molar-refractivity contribution in [3.63, 3.8) is 0 Å². The molecule has 3 fully saturated rings. The molecule has 4 aliphatic rings. The molecule has 1 N–H and O–H groups in total. The molecule has 0 bridgehead atoms. The molecule has 0 spiro atoms. The smallest absolute Gasteiger partial charge is 0.302 e. The lowest BCUT2D eigenvalue weighted by Crippen LogP contribution is -2.57. The molecule has 0 amide bonds. The van der Waals surface area contributed by atoms with Gasteiger partial charge in [-0.25, -0.2) is 0 Å². The van der Waals surface area contributed by atoms with E-state index in [0.717, 1.165) is 32.1 Å². The largest absolute Gasteiger partial charge is 0.462 e. The third kappa shape index (κ3) is 5.46. The zero-order valence-corrected chi connectivity index (χ0v) is 25.0. The first-order chi connectivity index (χ1) is 17.7. The standard InChI is InChI=1S/C32H52O6/c1-19(28(36-8)14-15-30(4,5)35)25-11-12-26-24-10-9-22-17-23(37-20(2)33)18-29(38-21(3)34)32(22,7)27(24)13-16-31(25,26)6/h9,19,23-29,35H,10-18H2,1-8H3/t19-,23+,24-,25+,26-,27-,28-,29-,31+,32-/m0/s1. The van der Waals surface area contributed by atoms with Gasteiger partial charge in [-0.3, -0.25) is 9.59 Å². The van der Waals surface area contributed by atoms with Crippen LogP contribution in [0.2, 0.25) is 0 Å². The SMILES string of the molecule is CO[C@@H](CCC(C)(C)O)[C@@H](C)[C@H]1CC[C@H]2[C@@H]3CC=C4C[C@@H](OC(C)=O)C[C@H](OC(C)=O)[C@]4(C)[C@H]3CC[C@]12C. The van der Waals surface area contributed by atoms with E-state index >= 15 is 0 Å². The Balaban J connectivity index is 1.57. The van der Waals surface area contributed by atoms with Gasteiger partial charge < -0.3 is 19.3 Å². The number of fused-ring (bicyclic) bond motifs is 5. The number of hydrogen-bond donors (Lipinski definition) is 1. The average molecular weight is 533 g/mol. The molecular formula is C32H52O6. The van der Waals surface area contributed by atoms with Gasteiger partial charge in [0, 0.05) is 39.2 Å². The molecule has 0 radical (unpaired) electrons. The molecule has 0 aromatic carbocycles. The number of carbonyl (C=O) groups excluding carboxylic acids is 2. The Hall–Kier alpha value is -1.40. The molecule has 0 aromatic heterocycles. The van der Waals surface area contributed by atoms with Crippen LogP contribution in [0.3, 0.4) is 0 Å². The van der Waals surface area contributed by atoms with Crippen molar-refractivity contribution in [2.45, 2.75) is 130 Å². The van der Waals surface area contributed by atoms with Gasteiger partial charge in [-0.05, 0) is 93.8 Å². The Bertz CT molecular complexity index is 919. The van der Waals surface area contributed by atoms with E-state index in [-0.39, 0.29) is 41.1 Å². The summed E-state index contributed by atoms with van der Waals surface area (Å²) >= 11 is 0. The Morgan fingerprint density at radius 1 is 1.11 bits per heavy atom. The minimum atomic E-state index is -0.675. The minimum Gasteiger partial charge on any atom is -0.462 e. The lowest BCUT2D eigenvalue weighted by Gasteiger charge is -2.60. The molecule has 0 aromatic rings. The molecule has 0 aliphatic heterocycles. The average Bonchev–Trinajstić information content (AvgIpc) is 3.16. The first kappa shape index (κ1) is 29.6. The molecule has 0 heterocycles. The zero-order chi connectivity index (χ0) is 28.0. The van der Waals surface area contributed by atoms with E-state index in [1.807, 2.05) is 21.0 Å². The molecule has 0 saturated heterocycles. The number of allylic oxidation sites excluding steroid dienone is 1. The third-order valence-electron chi connectivity index (χ3n) is 11.4. The lowest BCUT2D eigenvalue weighted by molar-refractivity contribution is -0.172. The van der Waals surface area contributed by atoms with Crippen molar-refractivity contribution in [3.8, 4) is 0 Å². The highest BCUT2D eigenvalue weighted by atomic mass is 16.6. The fourth-order valence-electron chi connectivity index (χ4n) is 9.61. The first-order valence-electron chi connectivity index (χ1n) is 15.0. The van der Waals surface area contributed by atoms with Crippen molar-refractivity contribution in [1.82, 2.24) is 0 Å². The summed E-state index contributed by atoms with van der Waals surface area (Å²) in [5.41, 5.74) is 0.697. The van der Waals surface area contributed by atoms with Crippen molar-refractivity contribution in [2.75, 3.05) is 7.11 Å². The van der Waals surface area contributed by atoms with Crippen LogP contribution in [0.15, 0.2) is 11.6 Å². The van der Waals surface area contributed by atoms with Crippen molar-refractivity contribution in [2.24, 2.45) is 40.4 Å². The summed E-state index contributed by atoms with van der Waals surface area (Å²) in [5, 5.41) is 10.3. The highest BCUT2D eigenvalue weighted by Gasteiger charge is 2.62. The number of carbonyl (C=O) groups is 2. The number of rotatable bonds is 8. The van der Waals surface area contributed by atoms with Gasteiger partial charge in [0.25, 0.3) is 0 Å². The molecule has 216 valence electrons. The number of hydrogen-bond acceptors (Lipinski definition) is 6. The van der Waals surface area contributed by atoms with Gasteiger partial charge in [-0.1, -0.05) is 32.4 Å². The summed E-state index contributed by atoms with van der Waals surface area (Å²) in [7, 11) is 1.83. The highest BCUT2D eigenvalue weighted by molar-refractivity contribution is 5.67. The van der Waals surface area contributed by atoms with Gasteiger partial charge >= 0.3 is 11.9 Å². The molecule has 6 nitrogen and oxygen atoms in total. The van der Waals surface area contributed by atoms with Gasteiger partial charge in [-0.15, -0.1) is 0 Å². The van der Waals surface area contributed by atoms with Crippen LogP contribution in [0.25, 0.3) is 0 Å². The Morgan fingerprint density at radius 3 is 2.39 bits per heavy atom. The van der Waals surface area contributed by atoms with Crippen molar-refractivity contribution < 1.29 is 28.9 Å². The fourth-order valence-corrected chi connectivity index (χ4v) is 9.61. The predicted octanol–water partition coefficient (Wildman–Crippen LogP) is 6.24. The molecule has 10 atom stereocenters. The van der Waals surface area contributed by atoms with Gasteiger partial charge in [0.05, 0.1) is 11.7 Å². The van der Waals surface area contributed by atoms with Crippen LogP contribution in [0, 0.1) is 40.4 Å². The van der Waals surface area contributed by atoms with Crippen LogP contribution in [-0.2, 0) is 23.8 Å². The molecule has 0 unspecified atom stereocenters. The van der Waals surface area contributed by atoms with E-state index in [2.05, 4.69) is 26.8 Å². The summed E-state index contributed by atoms with van der Waals surface area (Å²) in [6.45, 7) is 13.9. The quantitative estimate of drug-likeness (QED) is 0.294. The number of ether oxygens (including phenoxy) is 3. The van der Waals surface area contributed by atoms with Gasteiger partial charge in [0.2, 0.25) is 0 Å². The summed E-state index contributed by atoms with van der Waals surface area (Å²) in [6.07, 6.45) is 10.8. The maximum absolute atomic E-state index is 12.2. The van der Waals surface area contributed by atoms with Crippen molar-refractivity contribution in [3.05, 3.63) is 11.6 Å². The van der Waals surface area contributed by atoms with Gasteiger partial charge in [-0.2, -0.15) is 0 Å². The summed E-state index contributed by atoms with van der Waals surface area (Å²) in [6, 6.07) is 0. The highest BCUT2D eigenvalue weighted by Crippen LogP contribution is 2.67. The second kappa shape index (κ2) is 10.9. The van der Waals surface area contributed by atoms with Gasteiger partial charge in [0.1, 0.15) is 12.2 Å². The van der Waals surface area contributed by atoms with E-state index in [4.69, 9.17) is 14.2 Å². The van der Waals surface area contributed by atoms with E-state index < -0.39 is 5.60 Å². The predicted molar refractivity (Wildman–Crippen MR) is 147 cm³/mol. The van der Waals surface area contributed by atoms with Crippen LogP contribution < -0.4 is 0 Å². The van der Waals surface area contributed by atoms with Gasteiger partial charge in [0.15, 0.2) is 0 Å². The normalized spacial score (nSPS) is 40.2. The van der Waals surface area contributed by atoms with E-state index in [1.165, 1.54) is 38.7 Å². The lowest BCUT2D eigenvalue weighted by atomic mass is 9.46. The van der Waals surface area contributed by atoms with Crippen LogP contribution in [0.4, 0.5) is 0 Å². The Labute approximate surface area is 230 Å². The van der Waals surface area contributed by atoms with Crippen LogP contribution >= 0.6 is 0 Å². The molecule has 4 rings (SSSR count). The first-order valence-corrected chi connectivity index (χ1v) is 15.0. The monoisotopic (exact) mass is 532 g/mol. The fraction of sp³-hybridized carbons (Fsp3) is 0.875. The van der Waals surface area contributed by atoms with Crippen molar-refractivity contribution in [1.29, 1.82) is 0 Å². The molecule has 4 aliphatic carbocycles. The second-order valence-corrected chi connectivity index (χ2v) is 14.1. The third-order valence-corrected chi connectivity index (χ3v) is 11.4. The maximum atomic E-state index is 12.2. The number of esters is 2. The van der Waals surface area contributed by atoms with E-state index in [0.29, 0.717) is 36.0 Å². The topological polar surface area (TPSA) is 82.1 Å². The summed E-state index contributed by atoms with van der Waals surface area (Å²) in [5.74, 6) is 2.18. The maximum Gasteiger partial charge on any atom is 0.302 e. The van der Waals surface area contributed by atoms with Crippen LogP contribution in [0.1, 0.15) is 106 Å². The summed E-state index contributed by atoms with van der Waals surface area (Å²) in [4.78, 5) is 23.9. The molecule has 6 heteroatoms. The molecule has 3 saturated carbocycles. The van der Waals surface area contributed by atoms with E-state index in [1.54, 1.807) is 0 Å². The second-order valence-electron chi connectivity index (χ2n) is 14.1.